The summed E-state index contributed by atoms with van der Waals surface area (Å²) in [7, 11) is 0. The van der Waals surface area contributed by atoms with Crippen LogP contribution < -0.4 is 5.32 Å². The Morgan fingerprint density at radius 3 is 2.52 bits per heavy atom. The van der Waals surface area contributed by atoms with E-state index in [1.807, 2.05) is 46.4 Å². The topological polar surface area (TPSA) is 46.4 Å². The van der Waals surface area contributed by atoms with Gasteiger partial charge >= 0.3 is 0 Å². The zero-order chi connectivity index (χ0) is 18.8. The molecule has 0 spiro atoms. The average molecular weight is 401 g/mol. The lowest BCUT2D eigenvalue weighted by Gasteiger charge is -2.07. The predicted molar refractivity (Wildman–Crippen MR) is 105 cm³/mol. The third-order valence-corrected chi connectivity index (χ3v) is 5.37. The first-order chi connectivity index (χ1) is 13.1. The zero-order valence-electron chi connectivity index (χ0n) is 13.8. The largest absolute Gasteiger partial charge is 0.322 e. The maximum Gasteiger partial charge on any atom is 0.288 e. The molecular formula is C19H13F2N3OS2. The number of nitrogens with one attached hydrogen (secondary N) is 1. The molecule has 1 N–H and O–H groups in total. The Labute approximate surface area is 161 Å². The van der Waals surface area contributed by atoms with Crippen molar-refractivity contribution in [3.63, 3.8) is 0 Å². The number of rotatable bonds is 5. The normalized spacial score (nSPS) is 11.2. The number of hydrogen-bond acceptors (Lipinski definition) is 4. The van der Waals surface area contributed by atoms with E-state index >= 15 is 0 Å². The minimum Gasteiger partial charge on any atom is -0.322 e. The van der Waals surface area contributed by atoms with Crippen molar-refractivity contribution in [2.24, 2.45) is 0 Å². The molecule has 0 radical (unpaired) electrons. The van der Waals surface area contributed by atoms with Gasteiger partial charge in [0.15, 0.2) is 4.96 Å². The van der Waals surface area contributed by atoms with Gasteiger partial charge < -0.3 is 5.32 Å². The number of nitrogens with zero attached hydrogens (tertiary/aromatic N) is 2. The average Bonchev–Trinajstić information content (AvgIpc) is 3.24. The maximum atomic E-state index is 12.3. The van der Waals surface area contributed by atoms with E-state index in [0.29, 0.717) is 27.9 Å². The third-order valence-electron chi connectivity index (χ3n) is 3.87. The predicted octanol–water partition coefficient (Wildman–Crippen LogP) is 5.63. The molecule has 1 amide bonds. The summed E-state index contributed by atoms with van der Waals surface area (Å²) in [6.45, 7) is 0. The lowest BCUT2D eigenvalue weighted by atomic mass is 10.1. The van der Waals surface area contributed by atoms with Crippen LogP contribution in [0.5, 0.6) is 0 Å². The molecule has 0 aliphatic carbocycles. The molecule has 0 fully saturated rings. The molecule has 4 rings (SSSR count). The highest BCUT2D eigenvalue weighted by Crippen LogP contribution is 2.26. The number of carbonyl (C=O) groups is 1. The number of benzene rings is 2. The SMILES string of the molecule is O=C(Nc1ccc(-c2cn3ccsc3n2)cc1)c1ccc(SC(F)F)cc1. The van der Waals surface area contributed by atoms with E-state index in [9.17, 15) is 13.6 Å². The number of thioether (sulfide) groups is 1. The van der Waals surface area contributed by atoms with E-state index in [2.05, 4.69) is 10.3 Å². The quantitative estimate of drug-likeness (QED) is 0.441. The van der Waals surface area contributed by atoms with Gasteiger partial charge in [0.05, 0.1) is 5.69 Å². The Morgan fingerprint density at radius 1 is 1.11 bits per heavy atom. The first kappa shape index (κ1) is 17.7. The summed E-state index contributed by atoms with van der Waals surface area (Å²) in [4.78, 5) is 18.2. The number of aromatic nitrogens is 2. The van der Waals surface area contributed by atoms with Gasteiger partial charge in [-0.2, -0.15) is 8.78 Å². The number of halogens is 2. The van der Waals surface area contributed by atoms with Gasteiger partial charge in [-0.15, -0.1) is 11.3 Å². The second-order valence-corrected chi connectivity index (χ2v) is 7.59. The molecule has 2 heterocycles. The number of thiazole rings is 1. The monoisotopic (exact) mass is 401 g/mol. The molecule has 2 aromatic heterocycles. The minimum atomic E-state index is -2.48. The van der Waals surface area contributed by atoms with E-state index in [0.717, 1.165) is 16.2 Å². The molecule has 0 saturated heterocycles. The van der Waals surface area contributed by atoms with E-state index in [-0.39, 0.29) is 5.91 Å². The van der Waals surface area contributed by atoms with Crippen LogP contribution in [0.4, 0.5) is 14.5 Å². The van der Waals surface area contributed by atoms with E-state index < -0.39 is 5.76 Å². The van der Waals surface area contributed by atoms with Crippen LogP contribution in [0.1, 0.15) is 10.4 Å². The van der Waals surface area contributed by atoms with E-state index in [1.54, 1.807) is 11.3 Å². The second kappa shape index (κ2) is 7.50. The number of hydrogen-bond donors (Lipinski definition) is 1. The van der Waals surface area contributed by atoms with E-state index in [1.165, 1.54) is 24.3 Å². The van der Waals surface area contributed by atoms with Crippen LogP contribution in [0.3, 0.4) is 0 Å². The second-order valence-electron chi connectivity index (χ2n) is 5.65. The van der Waals surface area contributed by atoms with Crippen molar-refractivity contribution in [2.45, 2.75) is 10.7 Å². The van der Waals surface area contributed by atoms with Crippen LogP contribution in [0.2, 0.25) is 0 Å². The molecular weight excluding hydrogens is 388 g/mol. The van der Waals surface area contributed by atoms with Crippen LogP contribution in [0, 0.1) is 0 Å². The number of imidazole rings is 1. The van der Waals surface area contributed by atoms with Gasteiger partial charge in [-0.1, -0.05) is 23.9 Å². The molecule has 0 saturated carbocycles. The summed E-state index contributed by atoms with van der Waals surface area (Å²) in [5.41, 5.74) is 2.88. The lowest BCUT2D eigenvalue weighted by molar-refractivity contribution is 0.102. The van der Waals surface area contributed by atoms with Gasteiger partial charge in [0, 0.05) is 39.5 Å². The number of carbonyl (C=O) groups excluding carboxylic acids is 1. The standard InChI is InChI=1S/C19H13F2N3OS2/c20-18(21)27-15-7-3-13(4-8-15)17(25)22-14-5-1-12(2-6-14)16-11-24-9-10-26-19(24)23-16/h1-11,18H,(H,22,25). The Kier molecular flexibility index (Phi) is 4.91. The van der Waals surface area contributed by atoms with Gasteiger partial charge in [-0.3, -0.25) is 9.20 Å². The van der Waals surface area contributed by atoms with Crippen LogP contribution in [0.15, 0.2) is 71.2 Å². The van der Waals surface area contributed by atoms with Gasteiger partial charge in [-0.05, 0) is 36.4 Å². The van der Waals surface area contributed by atoms with Gasteiger partial charge in [0.2, 0.25) is 0 Å². The summed E-state index contributed by atoms with van der Waals surface area (Å²) in [6, 6.07) is 13.5. The Balaban J connectivity index is 1.44. The highest BCUT2D eigenvalue weighted by molar-refractivity contribution is 7.99. The van der Waals surface area contributed by atoms with Crippen molar-refractivity contribution in [1.82, 2.24) is 9.38 Å². The minimum absolute atomic E-state index is 0.293. The summed E-state index contributed by atoms with van der Waals surface area (Å²) < 4.78 is 26.6. The summed E-state index contributed by atoms with van der Waals surface area (Å²) in [5, 5.41) is 4.78. The molecule has 2 aromatic carbocycles. The van der Waals surface area contributed by atoms with Gasteiger partial charge in [-0.25, -0.2) is 4.98 Å². The first-order valence-electron chi connectivity index (χ1n) is 7.97. The molecule has 136 valence electrons. The molecule has 0 aliphatic heterocycles. The smallest absolute Gasteiger partial charge is 0.288 e. The Morgan fingerprint density at radius 2 is 1.85 bits per heavy atom. The van der Waals surface area contributed by atoms with Crippen molar-refractivity contribution in [3.8, 4) is 11.3 Å². The molecule has 0 aliphatic rings. The highest BCUT2D eigenvalue weighted by atomic mass is 32.2. The fourth-order valence-electron chi connectivity index (χ4n) is 2.58. The van der Waals surface area contributed by atoms with Crippen molar-refractivity contribution < 1.29 is 13.6 Å². The summed E-state index contributed by atoms with van der Waals surface area (Å²) >= 11 is 2.02. The molecule has 0 atom stereocenters. The van der Waals surface area contributed by atoms with Crippen molar-refractivity contribution in [2.75, 3.05) is 5.32 Å². The van der Waals surface area contributed by atoms with Crippen molar-refractivity contribution in [1.29, 1.82) is 0 Å². The molecule has 8 heteroatoms. The fraction of sp³-hybridized carbons (Fsp3) is 0.0526. The number of fused-ring (bicyclic) bond motifs is 1. The third kappa shape index (κ3) is 4.01. The maximum absolute atomic E-state index is 12.3. The Hall–Kier alpha value is -2.71. The summed E-state index contributed by atoms with van der Waals surface area (Å²) in [5.74, 6) is -2.77. The van der Waals surface area contributed by atoms with Gasteiger partial charge in [0.25, 0.3) is 11.7 Å². The fourth-order valence-corrected chi connectivity index (χ4v) is 3.78. The van der Waals surface area contributed by atoms with Crippen molar-refractivity contribution in [3.05, 3.63) is 71.9 Å². The van der Waals surface area contributed by atoms with Crippen molar-refractivity contribution >= 4 is 39.7 Å². The van der Waals surface area contributed by atoms with Crippen LogP contribution in [-0.2, 0) is 0 Å². The first-order valence-corrected chi connectivity index (χ1v) is 9.73. The molecule has 4 aromatic rings. The highest BCUT2D eigenvalue weighted by Gasteiger charge is 2.10. The number of anilines is 1. The number of amides is 1. The van der Waals surface area contributed by atoms with E-state index in [4.69, 9.17) is 0 Å². The molecule has 4 nitrogen and oxygen atoms in total. The zero-order valence-corrected chi connectivity index (χ0v) is 15.4. The van der Waals surface area contributed by atoms with Crippen LogP contribution in [-0.4, -0.2) is 21.0 Å². The van der Waals surface area contributed by atoms with Crippen LogP contribution >= 0.6 is 23.1 Å². The molecule has 27 heavy (non-hydrogen) atoms. The molecule has 0 unspecified atom stereocenters. The van der Waals surface area contributed by atoms with Crippen LogP contribution in [0.25, 0.3) is 16.2 Å². The summed E-state index contributed by atoms with van der Waals surface area (Å²) in [6.07, 6.45) is 3.91. The molecule has 0 bridgehead atoms. The lowest BCUT2D eigenvalue weighted by Crippen LogP contribution is -2.11. The Bertz CT molecular complexity index is 1040. The van der Waals surface area contributed by atoms with Gasteiger partial charge in [0.1, 0.15) is 0 Å². The number of alkyl halides is 2.